The van der Waals surface area contributed by atoms with Crippen LogP contribution < -0.4 is 5.73 Å². The molecular formula is C13H27NO3. The molecule has 4 nitrogen and oxygen atoms in total. The molecule has 0 bridgehead atoms. The molecule has 0 amide bonds. The van der Waals surface area contributed by atoms with Gasteiger partial charge in [0.2, 0.25) is 0 Å². The van der Waals surface area contributed by atoms with Gasteiger partial charge in [-0.25, -0.2) is 0 Å². The average molecular weight is 245 g/mol. The van der Waals surface area contributed by atoms with E-state index in [0.29, 0.717) is 6.54 Å². The standard InChI is InChI=1S/C13H27NO3/c1-4-10-5-7-13(9-14,8-6-10)11(15)12(16-2)17-3/h10-12,15H,4-9,14H2,1-3H3. The number of nitrogens with two attached hydrogens (primary N) is 1. The highest BCUT2D eigenvalue weighted by Crippen LogP contribution is 2.43. The second-order valence-electron chi connectivity index (χ2n) is 5.20. The molecule has 4 heteroatoms. The minimum Gasteiger partial charge on any atom is -0.387 e. The van der Waals surface area contributed by atoms with E-state index < -0.39 is 12.4 Å². The van der Waals surface area contributed by atoms with Crippen molar-refractivity contribution in [1.82, 2.24) is 0 Å². The van der Waals surface area contributed by atoms with Gasteiger partial charge in [-0.2, -0.15) is 0 Å². The first kappa shape index (κ1) is 14.9. The molecule has 1 atom stereocenters. The van der Waals surface area contributed by atoms with Gasteiger partial charge in [-0.05, 0) is 31.6 Å². The van der Waals surface area contributed by atoms with Gasteiger partial charge >= 0.3 is 0 Å². The monoisotopic (exact) mass is 245 g/mol. The molecule has 0 heterocycles. The molecule has 1 aliphatic carbocycles. The molecule has 102 valence electrons. The summed E-state index contributed by atoms with van der Waals surface area (Å²) in [7, 11) is 3.11. The zero-order valence-electron chi connectivity index (χ0n) is 11.3. The molecule has 1 fully saturated rings. The molecule has 1 rings (SSSR count). The van der Waals surface area contributed by atoms with Crippen molar-refractivity contribution in [3.8, 4) is 0 Å². The number of hydrogen-bond donors (Lipinski definition) is 2. The van der Waals surface area contributed by atoms with Crippen LogP contribution in [0.2, 0.25) is 0 Å². The Kier molecular flexibility index (Phi) is 5.86. The fourth-order valence-corrected chi connectivity index (χ4v) is 2.92. The predicted octanol–water partition coefficient (Wildman–Crippen LogP) is 1.51. The highest BCUT2D eigenvalue weighted by molar-refractivity contribution is 4.93. The van der Waals surface area contributed by atoms with Crippen molar-refractivity contribution in [2.45, 2.75) is 51.4 Å². The summed E-state index contributed by atoms with van der Waals surface area (Å²) in [6.07, 6.45) is 4.22. The lowest BCUT2D eigenvalue weighted by atomic mass is 9.66. The molecule has 0 saturated heterocycles. The Hall–Kier alpha value is -0.160. The molecule has 0 radical (unpaired) electrons. The highest BCUT2D eigenvalue weighted by atomic mass is 16.7. The summed E-state index contributed by atoms with van der Waals surface area (Å²) in [5, 5.41) is 10.4. The van der Waals surface area contributed by atoms with E-state index in [1.807, 2.05) is 0 Å². The van der Waals surface area contributed by atoms with Gasteiger partial charge in [0, 0.05) is 26.2 Å². The molecule has 1 saturated carbocycles. The first-order valence-electron chi connectivity index (χ1n) is 6.57. The van der Waals surface area contributed by atoms with Gasteiger partial charge in [0.25, 0.3) is 0 Å². The second kappa shape index (κ2) is 6.69. The maximum absolute atomic E-state index is 10.4. The van der Waals surface area contributed by atoms with Crippen LogP contribution in [0.4, 0.5) is 0 Å². The maximum atomic E-state index is 10.4. The number of aliphatic hydroxyl groups is 1. The minimum absolute atomic E-state index is 0.234. The molecule has 0 aliphatic heterocycles. The van der Waals surface area contributed by atoms with Gasteiger partial charge in [0.15, 0.2) is 6.29 Å². The molecule has 3 N–H and O–H groups in total. The third-order valence-corrected chi connectivity index (χ3v) is 4.43. The smallest absolute Gasteiger partial charge is 0.183 e. The number of ether oxygens (including phenoxy) is 2. The van der Waals surface area contributed by atoms with Crippen molar-refractivity contribution in [2.75, 3.05) is 20.8 Å². The lowest BCUT2D eigenvalue weighted by Crippen LogP contribution is -2.51. The van der Waals surface area contributed by atoms with Crippen LogP contribution in [0.5, 0.6) is 0 Å². The summed E-state index contributed by atoms with van der Waals surface area (Å²) in [6.45, 7) is 2.72. The zero-order valence-corrected chi connectivity index (χ0v) is 11.3. The van der Waals surface area contributed by atoms with Crippen LogP contribution in [0.3, 0.4) is 0 Å². The lowest BCUT2D eigenvalue weighted by molar-refractivity contribution is -0.203. The van der Waals surface area contributed by atoms with Crippen molar-refractivity contribution in [1.29, 1.82) is 0 Å². The van der Waals surface area contributed by atoms with E-state index in [2.05, 4.69) is 6.92 Å². The van der Waals surface area contributed by atoms with Gasteiger partial charge in [0.05, 0.1) is 0 Å². The van der Waals surface area contributed by atoms with Crippen LogP contribution in [-0.4, -0.2) is 38.3 Å². The van der Waals surface area contributed by atoms with E-state index in [0.717, 1.165) is 31.6 Å². The fourth-order valence-electron chi connectivity index (χ4n) is 2.92. The van der Waals surface area contributed by atoms with Gasteiger partial charge in [-0.1, -0.05) is 13.3 Å². The van der Waals surface area contributed by atoms with Crippen LogP contribution in [0.25, 0.3) is 0 Å². The molecule has 17 heavy (non-hydrogen) atoms. The average Bonchev–Trinajstić information content (AvgIpc) is 2.40. The third-order valence-electron chi connectivity index (χ3n) is 4.43. The number of rotatable bonds is 6. The summed E-state index contributed by atoms with van der Waals surface area (Å²) in [5.74, 6) is 0.783. The van der Waals surface area contributed by atoms with Crippen LogP contribution in [0, 0.1) is 11.3 Å². The SMILES string of the molecule is CCC1CCC(CN)(C(O)C(OC)OC)CC1. The Morgan fingerprint density at radius 1 is 1.29 bits per heavy atom. The first-order chi connectivity index (χ1) is 8.13. The highest BCUT2D eigenvalue weighted by Gasteiger charge is 2.43. The van der Waals surface area contributed by atoms with Crippen LogP contribution >= 0.6 is 0 Å². The van der Waals surface area contributed by atoms with Gasteiger partial charge < -0.3 is 20.3 Å². The van der Waals surface area contributed by atoms with E-state index in [1.54, 1.807) is 14.2 Å². The molecule has 0 aromatic heterocycles. The molecule has 1 unspecified atom stereocenters. The van der Waals surface area contributed by atoms with Crippen molar-refractivity contribution in [3.05, 3.63) is 0 Å². The maximum Gasteiger partial charge on any atom is 0.183 e. The Bertz CT molecular complexity index is 211. The van der Waals surface area contributed by atoms with E-state index in [9.17, 15) is 5.11 Å². The van der Waals surface area contributed by atoms with Crippen molar-refractivity contribution in [3.63, 3.8) is 0 Å². The summed E-state index contributed by atoms with van der Waals surface area (Å²) in [6, 6.07) is 0. The van der Waals surface area contributed by atoms with Crippen LogP contribution in [0.15, 0.2) is 0 Å². The quantitative estimate of drug-likeness (QED) is 0.696. The van der Waals surface area contributed by atoms with Crippen molar-refractivity contribution in [2.24, 2.45) is 17.1 Å². The normalized spacial score (nSPS) is 31.8. The zero-order chi connectivity index (χ0) is 12.9. The topological polar surface area (TPSA) is 64.7 Å². The Labute approximate surface area is 104 Å². The van der Waals surface area contributed by atoms with Gasteiger partial charge in [-0.3, -0.25) is 0 Å². The number of aliphatic hydroxyl groups excluding tert-OH is 1. The third kappa shape index (κ3) is 3.19. The summed E-state index contributed by atoms with van der Waals surface area (Å²) >= 11 is 0. The molecule has 0 aromatic rings. The van der Waals surface area contributed by atoms with Crippen LogP contribution in [-0.2, 0) is 9.47 Å². The van der Waals surface area contributed by atoms with Gasteiger partial charge in [-0.15, -0.1) is 0 Å². The van der Waals surface area contributed by atoms with E-state index in [-0.39, 0.29) is 5.41 Å². The predicted molar refractivity (Wildman–Crippen MR) is 67.5 cm³/mol. The number of hydrogen-bond acceptors (Lipinski definition) is 4. The van der Waals surface area contributed by atoms with Crippen molar-refractivity contribution >= 4 is 0 Å². The largest absolute Gasteiger partial charge is 0.387 e. The van der Waals surface area contributed by atoms with Crippen molar-refractivity contribution < 1.29 is 14.6 Å². The number of methoxy groups -OCH3 is 2. The molecule has 1 aliphatic rings. The lowest BCUT2D eigenvalue weighted by Gasteiger charge is -2.44. The van der Waals surface area contributed by atoms with E-state index in [1.165, 1.54) is 6.42 Å². The summed E-state index contributed by atoms with van der Waals surface area (Å²) in [4.78, 5) is 0. The molecular weight excluding hydrogens is 218 g/mol. The first-order valence-corrected chi connectivity index (χ1v) is 6.57. The summed E-state index contributed by atoms with van der Waals surface area (Å²) < 4.78 is 10.3. The molecule has 0 aromatic carbocycles. The Morgan fingerprint density at radius 2 is 1.82 bits per heavy atom. The van der Waals surface area contributed by atoms with E-state index in [4.69, 9.17) is 15.2 Å². The second-order valence-corrected chi connectivity index (χ2v) is 5.20. The van der Waals surface area contributed by atoms with Gasteiger partial charge in [0.1, 0.15) is 6.10 Å². The minimum atomic E-state index is -0.639. The Balaban J connectivity index is 2.69. The Morgan fingerprint density at radius 3 is 2.18 bits per heavy atom. The molecule has 0 spiro atoms. The van der Waals surface area contributed by atoms with Crippen LogP contribution in [0.1, 0.15) is 39.0 Å². The summed E-state index contributed by atoms with van der Waals surface area (Å²) in [5.41, 5.74) is 5.67. The fraction of sp³-hybridized carbons (Fsp3) is 1.00. The van der Waals surface area contributed by atoms with E-state index >= 15 is 0 Å².